The Morgan fingerprint density at radius 2 is 2.12 bits per heavy atom. The van der Waals surface area contributed by atoms with E-state index >= 15 is 0 Å². The van der Waals surface area contributed by atoms with Crippen molar-refractivity contribution >= 4 is 0 Å². The Hall–Kier alpha value is -1.75. The summed E-state index contributed by atoms with van der Waals surface area (Å²) in [5, 5.41) is 6.99. The summed E-state index contributed by atoms with van der Waals surface area (Å²) in [4.78, 5) is 8.28. The third kappa shape index (κ3) is 2.43. The zero-order valence-electron chi connectivity index (χ0n) is 9.34. The topological polar surface area (TPSA) is 63.8 Å². The van der Waals surface area contributed by atoms with E-state index in [4.69, 9.17) is 4.52 Å². The third-order valence-corrected chi connectivity index (χ3v) is 2.40. The molecule has 0 aliphatic heterocycles. The summed E-state index contributed by atoms with van der Waals surface area (Å²) in [7, 11) is 1.86. The van der Waals surface area contributed by atoms with Gasteiger partial charge in [0.2, 0.25) is 5.89 Å². The van der Waals surface area contributed by atoms with E-state index in [0.29, 0.717) is 18.1 Å². The minimum Gasteiger partial charge on any atom is -0.338 e. The standard InChI is InChI=1S/C11H14N4O/c1-8(12-2)11-14-10(15-16-11)7-9-3-5-13-6-4-9/h3-6,8,12H,7H2,1-2H3. The molecule has 0 spiro atoms. The monoisotopic (exact) mass is 218 g/mol. The summed E-state index contributed by atoms with van der Waals surface area (Å²) in [6, 6.07) is 3.97. The molecule has 1 unspecified atom stereocenters. The van der Waals surface area contributed by atoms with E-state index in [9.17, 15) is 0 Å². The number of nitrogens with one attached hydrogen (secondary N) is 1. The van der Waals surface area contributed by atoms with Gasteiger partial charge < -0.3 is 9.84 Å². The van der Waals surface area contributed by atoms with Crippen molar-refractivity contribution in [3.05, 3.63) is 41.8 Å². The molecule has 5 nitrogen and oxygen atoms in total. The van der Waals surface area contributed by atoms with Crippen LogP contribution in [0.5, 0.6) is 0 Å². The molecule has 84 valence electrons. The SMILES string of the molecule is CNC(C)c1nc(Cc2ccncc2)no1. The van der Waals surface area contributed by atoms with Gasteiger partial charge in [0, 0.05) is 18.8 Å². The van der Waals surface area contributed by atoms with Crippen molar-refractivity contribution in [1.29, 1.82) is 0 Å². The Morgan fingerprint density at radius 1 is 1.38 bits per heavy atom. The van der Waals surface area contributed by atoms with Crippen LogP contribution in [0.1, 0.15) is 30.2 Å². The van der Waals surface area contributed by atoms with Gasteiger partial charge in [0.15, 0.2) is 5.82 Å². The number of rotatable bonds is 4. The predicted molar refractivity (Wildman–Crippen MR) is 58.8 cm³/mol. The van der Waals surface area contributed by atoms with Crippen molar-refractivity contribution in [1.82, 2.24) is 20.4 Å². The van der Waals surface area contributed by atoms with Gasteiger partial charge in [-0.1, -0.05) is 5.16 Å². The van der Waals surface area contributed by atoms with Crippen LogP contribution < -0.4 is 5.32 Å². The van der Waals surface area contributed by atoms with Crippen LogP contribution in [0.15, 0.2) is 29.0 Å². The van der Waals surface area contributed by atoms with Gasteiger partial charge >= 0.3 is 0 Å². The lowest BCUT2D eigenvalue weighted by Crippen LogP contribution is -2.12. The molecule has 5 heteroatoms. The molecule has 2 heterocycles. The van der Waals surface area contributed by atoms with E-state index in [1.807, 2.05) is 26.1 Å². The van der Waals surface area contributed by atoms with Gasteiger partial charge in [-0.25, -0.2) is 0 Å². The van der Waals surface area contributed by atoms with Gasteiger partial charge in [-0.3, -0.25) is 4.98 Å². The molecule has 1 atom stereocenters. The molecule has 1 N–H and O–H groups in total. The Kier molecular flexibility index (Phi) is 3.26. The summed E-state index contributed by atoms with van der Waals surface area (Å²) < 4.78 is 5.15. The van der Waals surface area contributed by atoms with E-state index in [0.717, 1.165) is 5.56 Å². The molecule has 0 radical (unpaired) electrons. The molecule has 0 aromatic carbocycles. The molecule has 0 bridgehead atoms. The Labute approximate surface area is 93.9 Å². The zero-order valence-corrected chi connectivity index (χ0v) is 9.34. The van der Waals surface area contributed by atoms with Crippen molar-refractivity contribution in [2.24, 2.45) is 0 Å². The van der Waals surface area contributed by atoms with Gasteiger partial charge in [0.05, 0.1) is 6.04 Å². The maximum atomic E-state index is 5.15. The van der Waals surface area contributed by atoms with Gasteiger partial charge in [-0.15, -0.1) is 0 Å². The first-order chi connectivity index (χ1) is 7.79. The van der Waals surface area contributed by atoms with Crippen LogP contribution in [0.25, 0.3) is 0 Å². The van der Waals surface area contributed by atoms with E-state index in [-0.39, 0.29) is 6.04 Å². The lowest BCUT2D eigenvalue weighted by Gasteiger charge is -2.01. The molecule has 2 aromatic heterocycles. The lowest BCUT2D eigenvalue weighted by atomic mass is 10.2. The first-order valence-electron chi connectivity index (χ1n) is 5.18. The number of pyridine rings is 1. The first kappa shape index (κ1) is 10.8. The summed E-state index contributed by atoms with van der Waals surface area (Å²) >= 11 is 0. The molecular formula is C11H14N4O. The Morgan fingerprint density at radius 3 is 2.81 bits per heavy atom. The smallest absolute Gasteiger partial charge is 0.243 e. The highest BCUT2D eigenvalue weighted by atomic mass is 16.5. The third-order valence-electron chi connectivity index (χ3n) is 2.40. The fourth-order valence-electron chi connectivity index (χ4n) is 1.32. The molecule has 0 aliphatic carbocycles. The highest BCUT2D eigenvalue weighted by molar-refractivity contribution is 5.14. The molecule has 2 aromatic rings. The molecule has 2 rings (SSSR count). The number of aromatic nitrogens is 3. The second-order valence-corrected chi connectivity index (χ2v) is 3.59. The van der Waals surface area contributed by atoms with Crippen LogP contribution in [-0.4, -0.2) is 22.2 Å². The Balaban J connectivity index is 2.09. The molecule has 0 fully saturated rings. The zero-order chi connectivity index (χ0) is 11.4. The lowest BCUT2D eigenvalue weighted by molar-refractivity contribution is 0.344. The van der Waals surface area contributed by atoms with E-state index in [1.165, 1.54) is 0 Å². The first-order valence-corrected chi connectivity index (χ1v) is 5.18. The van der Waals surface area contributed by atoms with E-state index in [1.54, 1.807) is 12.4 Å². The fraction of sp³-hybridized carbons (Fsp3) is 0.364. The molecule has 0 saturated carbocycles. The van der Waals surface area contributed by atoms with Crippen LogP contribution in [0.3, 0.4) is 0 Å². The maximum absolute atomic E-state index is 5.15. The molecule has 0 aliphatic rings. The fourth-order valence-corrected chi connectivity index (χ4v) is 1.32. The molecule has 0 saturated heterocycles. The largest absolute Gasteiger partial charge is 0.338 e. The van der Waals surface area contributed by atoms with Crippen LogP contribution in [0.4, 0.5) is 0 Å². The normalized spacial score (nSPS) is 12.6. The molecule has 16 heavy (non-hydrogen) atoms. The van der Waals surface area contributed by atoms with Crippen LogP contribution in [0, 0.1) is 0 Å². The Bertz CT molecular complexity index is 440. The number of hydrogen-bond acceptors (Lipinski definition) is 5. The van der Waals surface area contributed by atoms with Gasteiger partial charge in [0.25, 0.3) is 0 Å². The second kappa shape index (κ2) is 4.85. The summed E-state index contributed by atoms with van der Waals surface area (Å²) in [6.45, 7) is 1.98. The van der Waals surface area contributed by atoms with Gasteiger partial charge in [0.1, 0.15) is 0 Å². The van der Waals surface area contributed by atoms with E-state index < -0.39 is 0 Å². The predicted octanol–water partition coefficient (Wildman–Crippen LogP) is 1.34. The second-order valence-electron chi connectivity index (χ2n) is 3.59. The van der Waals surface area contributed by atoms with Crippen LogP contribution in [0.2, 0.25) is 0 Å². The highest BCUT2D eigenvalue weighted by Crippen LogP contribution is 2.10. The minimum absolute atomic E-state index is 0.0821. The average Bonchev–Trinajstić information content (AvgIpc) is 2.78. The summed E-state index contributed by atoms with van der Waals surface area (Å²) in [5.41, 5.74) is 1.12. The van der Waals surface area contributed by atoms with Crippen molar-refractivity contribution in [2.75, 3.05) is 7.05 Å². The quantitative estimate of drug-likeness (QED) is 0.838. The van der Waals surface area contributed by atoms with Crippen molar-refractivity contribution in [3.63, 3.8) is 0 Å². The summed E-state index contributed by atoms with van der Waals surface area (Å²) in [6.07, 6.45) is 4.18. The van der Waals surface area contributed by atoms with Gasteiger partial charge in [-0.05, 0) is 31.7 Å². The number of hydrogen-bond donors (Lipinski definition) is 1. The van der Waals surface area contributed by atoms with Crippen LogP contribution in [-0.2, 0) is 6.42 Å². The van der Waals surface area contributed by atoms with Gasteiger partial charge in [-0.2, -0.15) is 4.98 Å². The van der Waals surface area contributed by atoms with Crippen molar-refractivity contribution in [2.45, 2.75) is 19.4 Å². The molecular weight excluding hydrogens is 204 g/mol. The van der Waals surface area contributed by atoms with E-state index in [2.05, 4.69) is 20.4 Å². The average molecular weight is 218 g/mol. The highest BCUT2D eigenvalue weighted by Gasteiger charge is 2.12. The number of nitrogens with zero attached hydrogens (tertiary/aromatic N) is 3. The molecule has 0 amide bonds. The van der Waals surface area contributed by atoms with Crippen molar-refractivity contribution in [3.8, 4) is 0 Å². The maximum Gasteiger partial charge on any atom is 0.243 e. The summed E-state index contributed by atoms with van der Waals surface area (Å²) in [5.74, 6) is 1.31. The van der Waals surface area contributed by atoms with Crippen molar-refractivity contribution < 1.29 is 4.52 Å². The minimum atomic E-state index is 0.0821. The van der Waals surface area contributed by atoms with Crippen LogP contribution >= 0.6 is 0 Å².